The summed E-state index contributed by atoms with van der Waals surface area (Å²) in [6.07, 6.45) is 0. The predicted molar refractivity (Wildman–Crippen MR) is 110 cm³/mol. The summed E-state index contributed by atoms with van der Waals surface area (Å²) in [5.41, 5.74) is 1.48. The Bertz CT molecular complexity index is 1240. The number of benzene rings is 2. The Labute approximate surface area is 173 Å². The molecule has 4 aromatic rings. The molecule has 2 aromatic carbocycles. The third-order valence-corrected chi connectivity index (χ3v) is 4.94. The van der Waals surface area contributed by atoms with E-state index in [0.29, 0.717) is 10.7 Å². The molecule has 0 spiro atoms. The third kappa shape index (κ3) is 3.91. The van der Waals surface area contributed by atoms with E-state index in [1.807, 2.05) is 29.6 Å². The molecule has 10 nitrogen and oxygen atoms in total. The van der Waals surface area contributed by atoms with E-state index in [-0.39, 0.29) is 17.4 Å². The molecule has 0 atom stereocenters. The minimum absolute atomic E-state index is 0.0109. The molecule has 2 heterocycles. The van der Waals surface area contributed by atoms with Gasteiger partial charge in [-0.05, 0) is 18.2 Å². The fourth-order valence-corrected chi connectivity index (χ4v) is 3.58. The highest BCUT2D eigenvalue weighted by Gasteiger charge is 2.17. The van der Waals surface area contributed by atoms with E-state index in [1.165, 1.54) is 29.5 Å². The van der Waals surface area contributed by atoms with E-state index in [4.69, 9.17) is 9.47 Å². The molecule has 0 bridgehead atoms. The maximum atomic E-state index is 12.2. The molecule has 4 rings (SSSR count). The zero-order chi connectivity index (χ0) is 21.1. The van der Waals surface area contributed by atoms with Gasteiger partial charge in [0.2, 0.25) is 4.96 Å². The number of amides is 1. The monoisotopic (exact) mass is 425 g/mol. The molecule has 0 aliphatic rings. The largest absolute Gasteiger partial charge is 0.497 e. The highest BCUT2D eigenvalue weighted by atomic mass is 32.1. The quantitative estimate of drug-likeness (QED) is 0.356. The highest BCUT2D eigenvalue weighted by molar-refractivity contribution is 7.15. The summed E-state index contributed by atoms with van der Waals surface area (Å²) in [6.45, 7) is -0.416. The van der Waals surface area contributed by atoms with Gasteiger partial charge in [-0.3, -0.25) is 20.2 Å². The molecule has 0 unspecified atom stereocenters. The van der Waals surface area contributed by atoms with Crippen molar-refractivity contribution in [3.05, 3.63) is 64.0 Å². The summed E-state index contributed by atoms with van der Waals surface area (Å²) < 4.78 is 12.2. The van der Waals surface area contributed by atoms with Crippen molar-refractivity contribution < 1.29 is 19.2 Å². The number of thiazole rings is 1. The number of nitro groups is 1. The van der Waals surface area contributed by atoms with Gasteiger partial charge in [0.25, 0.3) is 11.9 Å². The Balaban J connectivity index is 1.48. The second-order valence-corrected chi connectivity index (χ2v) is 6.88. The Morgan fingerprint density at radius 2 is 2.10 bits per heavy atom. The second-order valence-electron chi connectivity index (χ2n) is 6.04. The first kappa shape index (κ1) is 19.3. The van der Waals surface area contributed by atoms with Crippen LogP contribution in [0.15, 0.2) is 53.9 Å². The molecule has 1 N–H and O–H groups in total. The number of fused-ring (bicyclic) bond motifs is 1. The van der Waals surface area contributed by atoms with Gasteiger partial charge in [0.1, 0.15) is 5.75 Å². The lowest BCUT2D eigenvalue weighted by molar-refractivity contribution is -0.385. The summed E-state index contributed by atoms with van der Waals surface area (Å²) in [7, 11) is 1.59. The van der Waals surface area contributed by atoms with Crippen LogP contribution in [0.4, 0.5) is 11.6 Å². The normalized spacial score (nSPS) is 10.7. The predicted octanol–water partition coefficient (Wildman–Crippen LogP) is 3.39. The molecule has 30 heavy (non-hydrogen) atoms. The van der Waals surface area contributed by atoms with Crippen LogP contribution in [-0.4, -0.2) is 39.1 Å². The molecule has 0 saturated carbocycles. The van der Waals surface area contributed by atoms with Crippen molar-refractivity contribution in [3.8, 4) is 22.8 Å². The number of ether oxygens (including phenoxy) is 2. The zero-order valence-corrected chi connectivity index (χ0v) is 16.5. The van der Waals surface area contributed by atoms with Crippen LogP contribution < -0.4 is 14.8 Å². The fourth-order valence-electron chi connectivity index (χ4n) is 2.75. The number of nitrogens with one attached hydrogen (secondary N) is 1. The first-order valence-electron chi connectivity index (χ1n) is 8.70. The van der Waals surface area contributed by atoms with Crippen LogP contribution >= 0.6 is 11.3 Å². The van der Waals surface area contributed by atoms with Crippen molar-refractivity contribution in [3.63, 3.8) is 0 Å². The van der Waals surface area contributed by atoms with E-state index in [1.54, 1.807) is 17.7 Å². The summed E-state index contributed by atoms with van der Waals surface area (Å²) in [6, 6.07) is 13.4. The van der Waals surface area contributed by atoms with Crippen molar-refractivity contribution in [1.82, 2.24) is 14.6 Å². The van der Waals surface area contributed by atoms with Crippen LogP contribution in [0.25, 0.3) is 16.2 Å². The Morgan fingerprint density at radius 1 is 1.27 bits per heavy atom. The standard InChI is InChI=1S/C19H15N5O5S/c1-28-13-6-4-5-12(9-13)15-11-30-19-21-18(22-23(15)19)20-17(25)10-29-16-8-3-2-7-14(16)24(26)27/h2-9,11H,10H2,1H3,(H,20,22,25). The maximum Gasteiger partial charge on any atom is 0.310 e. The Hall–Kier alpha value is -3.99. The molecule has 2 aromatic heterocycles. The van der Waals surface area contributed by atoms with Gasteiger partial charge in [0.05, 0.1) is 17.7 Å². The minimum Gasteiger partial charge on any atom is -0.497 e. The fraction of sp³-hybridized carbons (Fsp3) is 0.105. The van der Waals surface area contributed by atoms with Gasteiger partial charge in [-0.1, -0.05) is 24.3 Å². The number of carbonyl (C=O) groups is 1. The van der Waals surface area contributed by atoms with Gasteiger partial charge in [-0.25, -0.2) is 4.52 Å². The summed E-state index contributed by atoms with van der Waals surface area (Å²) in [5.74, 6) is 0.306. The van der Waals surface area contributed by atoms with Crippen molar-refractivity contribution in [2.45, 2.75) is 0 Å². The van der Waals surface area contributed by atoms with Gasteiger partial charge in [-0.2, -0.15) is 4.98 Å². The molecular weight excluding hydrogens is 410 g/mol. The highest BCUT2D eigenvalue weighted by Crippen LogP contribution is 2.28. The van der Waals surface area contributed by atoms with Crippen LogP contribution in [-0.2, 0) is 4.79 Å². The number of nitro benzene ring substituents is 1. The van der Waals surface area contributed by atoms with Crippen LogP contribution in [0.1, 0.15) is 0 Å². The number of methoxy groups -OCH3 is 1. The van der Waals surface area contributed by atoms with Crippen molar-refractivity contribution in [2.24, 2.45) is 0 Å². The lowest BCUT2D eigenvalue weighted by Crippen LogP contribution is -2.21. The number of aromatic nitrogens is 3. The summed E-state index contributed by atoms with van der Waals surface area (Å²) in [5, 5.41) is 19.8. The molecular formula is C19H15N5O5S. The molecule has 1 amide bonds. The van der Waals surface area contributed by atoms with Crippen LogP contribution in [0.2, 0.25) is 0 Å². The lowest BCUT2D eigenvalue weighted by atomic mass is 10.2. The number of nitrogens with zero attached hydrogens (tertiary/aromatic N) is 4. The topological polar surface area (TPSA) is 121 Å². The van der Waals surface area contributed by atoms with Crippen molar-refractivity contribution in [1.29, 1.82) is 0 Å². The van der Waals surface area contributed by atoms with E-state index < -0.39 is 17.4 Å². The number of para-hydroxylation sites is 2. The molecule has 0 aliphatic heterocycles. The third-order valence-electron chi connectivity index (χ3n) is 4.12. The Morgan fingerprint density at radius 3 is 2.90 bits per heavy atom. The van der Waals surface area contributed by atoms with Crippen LogP contribution in [0.5, 0.6) is 11.5 Å². The lowest BCUT2D eigenvalue weighted by Gasteiger charge is -2.05. The average Bonchev–Trinajstić information content (AvgIpc) is 3.32. The maximum absolute atomic E-state index is 12.2. The number of rotatable bonds is 7. The molecule has 0 saturated heterocycles. The van der Waals surface area contributed by atoms with Gasteiger partial charge >= 0.3 is 5.69 Å². The molecule has 0 radical (unpaired) electrons. The first-order valence-corrected chi connectivity index (χ1v) is 9.58. The van der Waals surface area contributed by atoms with Gasteiger partial charge in [0.15, 0.2) is 12.4 Å². The SMILES string of the molecule is COc1cccc(-c2csc3nc(NC(=O)COc4ccccc4[N+](=O)[O-])nn23)c1. The molecule has 11 heteroatoms. The van der Waals surface area contributed by atoms with E-state index in [9.17, 15) is 14.9 Å². The van der Waals surface area contributed by atoms with Gasteiger partial charge in [-0.15, -0.1) is 16.4 Å². The van der Waals surface area contributed by atoms with Gasteiger partial charge in [0, 0.05) is 17.0 Å². The molecule has 0 fully saturated rings. The number of anilines is 1. The number of hydrogen-bond donors (Lipinski definition) is 1. The van der Waals surface area contributed by atoms with E-state index >= 15 is 0 Å². The Kier molecular flexibility index (Phi) is 5.26. The number of hydrogen-bond acceptors (Lipinski definition) is 8. The number of carbonyl (C=O) groups excluding carboxylic acids is 1. The molecule has 0 aliphatic carbocycles. The zero-order valence-electron chi connectivity index (χ0n) is 15.6. The average molecular weight is 425 g/mol. The second kappa shape index (κ2) is 8.17. The smallest absolute Gasteiger partial charge is 0.310 e. The molecule has 152 valence electrons. The first-order chi connectivity index (χ1) is 14.5. The summed E-state index contributed by atoms with van der Waals surface area (Å²) in [4.78, 5) is 27.5. The van der Waals surface area contributed by atoms with E-state index in [0.717, 1.165) is 11.3 Å². The van der Waals surface area contributed by atoms with Crippen molar-refractivity contribution >= 4 is 33.8 Å². The van der Waals surface area contributed by atoms with E-state index in [2.05, 4.69) is 15.4 Å². The van der Waals surface area contributed by atoms with Crippen LogP contribution in [0, 0.1) is 10.1 Å². The van der Waals surface area contributed by atoms with Gasteiger partial charge < -0.3 is 9.47 Å². The van der Waals surface area contributed by atoms with Crippen molar-refractivity contribution in [2.75, 3.05) is 19.0 Å². The minimum atomic E-state index is -0.571. The summed E-state index contributed by atoms with van der Waals surface area (Å²) >= 11 is 1.38. The van der Waals surface area contributed by atoms with Crippen LogP contribution in [0.3, 0.4) is 0 Å².